The maximum Gasteiger partial charge on any atom is 0.270 e. The zero-order chi connectivity index (χ0) is 18.8. The predicted molar refractivity (Wildman–Crippen MR) is 102 cm³/mol. The standard InChI is InChI=1S/C19H16N2O4S/c1-2-11-3-6-13(7-4-11)21-18(25)14(17(24)20-19(21)26)9-12-5-8-15(22)16(23)10-12/h3-10,22-23H,2H2,1H3,(H,20,24,26). The van der Waals surface area contributed by atoms with Crippen LogP contribution >= 0.6 is 12.2 Å². The highest BCUT2D eigenvalue weighted by Crippen LogP contribution is 2.27. The molecule has 6 nitrogen and oxygen atoms in total. The third-order valence-electron chi connectivity index (χ3n) is 4.01. The number of phenols is 2. The quantitative estimate of drug-likeness (QED) is 0.335. The van der Waals surface area contributed by atoms with Crippen molar-refractivity contribution in [3.63, 3.8) is 0 Å². The SMILES string of the molecule is CCc1ccc(N2C(=O)C(=Cc3ccc(O)c(O)c3)C(=O)NC2=S)cc1. The minimum atomic E-state index is -0.617. The Morgan fingerprint density at radius 2 is 1.77 bits per heavy atom. The summed E-state index contributed by atoms with van der Waals surface area (Å²) in [5.41, 5.74) is 1.94. The van der Waals surface area contributed by atoms with Gasteiger partial charge in [-0.25, -0.2) is 0 Å². The van der Waals surface area contributed by atoms with Gasteiger partial charge in [-0.2, -0.15) is 0 Å². The molecule has 7 heteroatoms. The third-order valence-corrected chi connectivity index (χ3v) is 4.30. The van der Waals surface area contributed by atoms with Gasteiger partial charge in [-0.15, -0.1) is 0 Å². The van der Waals surface area contributed by atoms with Crippen molar-refractivity contribution < 1.29 is 19.8 Å². The molecule has 2 aromatic carbocycles. The summed E-state index contributed by atoms with van der Waals surface area (Å²) in [4.78, 5) is 26.3. The average Bonchev–Trinajstić information content (AvgIpc) is 2.62. The average molecular weight is 368 g/mol. The van der Waals surface area contributed by atoms with Gasteiger partial charge in [0.2, 0.25) is 0 Å². The van der Waals surface area contributed by atoms with Crippen LogP contribution < -0.4 is 10.2 Å². The fourth-order valence-electron chi connectivity index (χ4n) is 2.57. The van der Waals surface area contributed by atoms with Gasteiger partial charge in [-0.1, -0.05) is 25.1 Å². The molecule has 1 fully saturated rings. The van der Waals surface area contributed by atoms with E-state index in [4.69, 9.17) is 12.2 Å². The van der Waals surface area contributed by atoms with Crippen molar-refractivity contribution in [3.8, 4) is 11.5 Å². The van der Waals surface area contributed by atoms with Crippen LogP contribution in [0.3, 0.4) is 0 Å². The topological polar surface area (TPSA) is 89.9 Å². The van der Waals surface area contributed by atoms with Crippen molar-refractivity contribution in [1.29, 1.82) is 0 Å². The van der Waals surface area contributed by atoms with E-state index in [0.29, 0.717) is 11.3 Å². The first-order chi connectivity index (χ1) is 12.4. The van der Waals surface area contributed by atoms with Gasteiger partial charge in [0.15, 0.2) is 16.6 Å². The number of carbonyl (C=O) groups excluding carboxylic acids is 2. The number of nitrogens with one attached hydrogen (secondary N) is 1. The van der Waals surface area contributed by atoms with Crippen LogP contribution in [0.1, 0.15) is 18.1 Å². The summed E-state index contributed by atoms with van der Waals surface area (Å²) in [5.74, 6) is -1.81. The van der Waals surface area contributed by atoms with Gasteiger partial charge in [0, 0.05) is 0 Å². The summed E-state index contributed by atoms with van der Waals surface area (Å²) in [6, 6.07) is 11.3. The number of phenolic OH excluding ortho intramolecular Hbond substituents is 2. The second-order valence-corrected chi connectivity index (χ2v) is 6.11. The predicted octanol–water partition coefficient (Wildman–Crippen LogP) is 2.49. The molecule has 0 aliphatic carbocycles. The molecule has 0 unspecified atom stereocenters. The molecule has 0 atom stereocenters. The van der Waals surface area contributed by atoms with Crippen LogP contribution in [0, 0.1) is 0 Å². The van der Waals surface area contributed by atoms with E-state index in [1.54, 1.807) is 12.1 Å². The van der Waals surface area contributed by atoms with Crippen LogP contribution in [0.2, 0.25) is 0 Å². The van der Waals surface area contributed by atoms with Crippen molar-refractivity contribution >= 4 is 40.9 Å². The molecule has 3 N–H and O–H groups in total. The van der Waals surface area contributed by atoms with E-state index in [-0.39, 0.29) is 22.2 Å². The lowest BCUT2D eigenvalue weighted by molar-refractivity contribution is -0.122. The number of amides is 2. The number of aromatic hydroxyl groups is 2. The van der Waals surface area contributed by atoms with E-state index < -0.39 is 11.8 Å². The first-order valence-electron chi connectivity index (χ1n) is 7.93. The van der Waals surface area contributed by atoms with Crippen LogP contribution in [0.15, 0.2) is 48.0 Å². The Kier molecular flexibility index (Phi) is 4.73. The first kappa shape index (κ1) is 17.6. The fraction of sp³-hybridized carbons (Fsp3) is 0.105. The van der Waals surface area contributed by atoms with Crippen molar-refractivity contribution in [2.24, 2.45) is 0 Å². The Morgan fingerprint density at radius 1 is 1.08 bits per heavy atom. The van der Waals surface area contributed by atoms with Crippen LogP contribution in [-0.2, 0) is 16.0 Å². The summed E-state index contributed by atoms with van der Waals surface area (Å²) in [6.45, 7) is 2.03. The lowest BCUT2D eigenvalue weighted by atomic mass is 10.1. The zero-order valence-corrected chi connectivity index (χ0v) is 14.7. The molecule has 1 aliphatic heterocycles. The first-order valence-corrected chi connectivity index (χ1v) is 8.34. The molecular formula is C19H16N2O4S. The summed E-state index contributed by atoms with van der Waals surface area (Å²) in [5, 5.41) is 21.5. The highest BCUT2D eigenvalue weighted by atomic mass is 32.1. The highest BCUT2D eigenvalue weighted by Gasteiger charge is 2.34. The van der Waals surface area contributed by atoms with E-state index in [1.807, 2.05) is 19.1 Å². The van der Waals surface area contributed by atoms with Gasteiger partial charge < -0.3 is 10.2 Å². The number of thiocarbonyl (C=S) groups is 1. The van der Waals surface area contributed by atoms with Crippen LogP contribution in [0.25, 0.3) is 6.08 Å². The molecule has 3 rings (SSSR count). The molecule has 132 valence electrons. The molecule has 0 spiro atoms. The van der Waals surface area contributed by atoms with E-state index in [0.717, 1.165) is 12.0 Å². The molecular weight excluding hydrogens is 352 g/mol. The molecule has 2 aromatic rings. The van der Waals surface area contributed by atoms with E-state index in [2.05, 4.69) is 5.32 Å². The van der Waals surface area contributed by atoms with Crippen molar-refractivity contribution in [2.75, 3.05) is 4.90 Å². The molecule has 1 aliphatic rings. The van der Waals surface area contributed by atoms with Crippen LogP contribution in [0.4, 0.5) is 5.69 Å². The minimum absolute atomic E-state index is 0.00921. The van der Waals surface area contributed by atoms with Crippen molar-refractivity contribution in [1.82, 2.24) is 5.32 Å². The second-order valence-electron chi connectivity index (χ2n) is 5.73. The molecule has 0 bridgehead atoms. The molecule has 1 saturated heterocycles. The lowest BCUT2D eigenvalue weighted by Gasteiger charge is -2.29. The number of aryl methyl sites for hydroxylation is 1. The summed E-state index contributed by atoms with van der Waals surface area (Å²) >= 11 is 5.15. The number of carbonyl (C=O) groups is 2. The Balaban J connectivity index is 1.99. The maximum absolute atomic E-state index is 12.9. The van der Waals surface area contributed by atoms with Crippen molar-refractivity contribution in [2.45, 2.75) is 13.3 Å². The summed E-state index contributed by atoms with van der Waals surface area (Å²) in [7, 11) is 0. The monoisotopic (exact) mass is 368 g/mol. The van der Waals surface area contributed by atoms with Crippen molar-refractivity contribution in [3.05, 3.63) is 59.2 Å². The molecule has 0 saturated carbocycles. The Labute approximate surface area is 155 Å². The van der Waals surface area contributed by atoms with Gasteiger partial charge in [-0.3, -0.25) is 19.8 Å². The van der Waals surface area contributed by atoms with E-state index in [9.17, 15) is 19.8 Å². The minimum Gasteiger partial charge on any atom is -0.504 e. The molecule has 1 heterocycles. The van der Waals surface area contributed by atoms with E-state index in [1.165, 1.54) is 29.2 Å². The second kappa shape index (κ2) is 6.97. The molecule has 0 aromatic heterocycles. The number of hydrogen-bond donors (Lipinski definition) is 3. The molecule has 0 radical (unpaired) electrons. The zero-order valence-electron chi connectivity index (χ0n) is 13.9. The summed E-state index contributed by atoms with van der Waals surface area (Å²) < 4.78 is 0. The number of nitrogens with zero attached hydrogens (tertiary/aromatic N) is 1. The number of rotatable bonds is 3. The Bertz CT molecular complexity index is 935. The van der Waals surface area contributed by atoms with Crippen LogP contribution in [-0.4, -0.2) is 27.1 Å². The maximum atomic E-state index is 12.9. The van der Waals surface area contributed by atoms with Gasteiger partial charge in [0.1, 0.15) is 5.57 Å². The fourth-order valence-corrected chi connectivity index (χ4v) is 2.85. The number of hydrogen-bond acceptors (Lipinski definition) is 5. The van der Waals surface area contributed by atoms with Crippen LogP contribution in [0.5, 0.6) is 11.5 Å². The van der Waals surface area contributed by atoms with Gasteiger partial charge in [-0.05, 0) is 60.1 Å². The van der Waals surface area contributed by atoms with Gasteiger partial charge in [0.05, 0.1) is 5.69 Å². The highest BCUT2D eigenvalue weighted by molar-refractivity contribution is 7.80. The number of anilines is 1. The number of benzene rings is 2. The Morgan fingerprint density at radius 3 is 2.38 bits per heavy atom. The van der Waals surface area contributed by atoms with Gasteiger partial charge >= 0.3 is 0 Å². The summed E-state index contributed by atoms with van der Waals surface area (Å²) in [6.07, 6.45) is 2.21. The molecule has 2 amide bonds. The Hall–Kier alpha value is -3.19. The lowest BCUT2D eigenvalue weighted by Crippen LogP contribution is -2.54. The largest absolute Gasteiger partial charge is 0.504 e. The normalized spacial score (nSPS) is 16.1. The van der Waals surface area contributed by atoms with E-state index >= 15 is 0 Å². The third kappa shape index (κ3) is 3.29. The van der Waals surface area contributed by atoms with Gasteiger partial charge in [0.25, 0.3) is 11.8 Å². The molecule has 26 heavy (non-hydrogen) atoms. The smallest absolute Gasteiger partial charge is 0.270 e.